The monoisotopic (exact) mass is 261 g/mol. The number of anilines is 1. The standard InChI is InChI=1S/C15H23N3O/c1-11-9-14(16)13(10-18-11)15(19)17-8-4-7-12-5-2-3-6-12/h9-10,12H,2-8H2,1H3,(H2,16,18)(H,17,19). The van der Waals surface area contributed by atoms with Crippen LogP contribution in [0.3, 0.4) is 0 Å². The highest BCUT2D eigenvalue weighted by Crippen LogP contribution is 2.28. The fourth-order valence-corrected chi connectivity index (χ4v) is 2.76. The molecule has 1 fully saturated rings. The Hall–Kier alpha value is -1.58. The van der Waals surface area contributed by atoms with Gasteiger partial charge in [0.2, 0.25) is 0 Å². The molecule has 0 atom stereocenters. The zero-order chi connectivity index (χ0) is 13.7. The maximum Gasteiger partial charge on any atom is 0.254 e. The Morgan fingerprint density at radius 3 is 2.89 bits per heavy atom. The Labute approximate surface area is 114 Å². The van der Waals surface area contributed by atoms with Crippen molar-refractivity contribution in [1.29, 1.82) is 0 Å². The second-order valence-corrected chi connectivity index (χ2v) is 5.46. The van der Waals surface area contributed by atoms with Gasteiger partial charge in [0.05, 0.1) is 5.56 Å². The minimum atomic E-state index is -0.114. The van der Waals surface area contributed by atoms with Crippen molar-refractivity contribution in [3.8, 4) is 0 Å². The lowest BCUT2D eigenvalue weighted by Crippen LogP contribution is -2.25. The Morgan fingerprint density at radius 1 is 1.47 bits per heavy atom. The van der Waals surface area contributed by atoms with E-state index in [4.69, 9.17) is 5.73 Å². The van der Waals surface area contributed by atoms with Gasteiger partial charge >= 0.3 is 0 Å². The molecule has 1 aromatic rings. The van der Waals surface area contributed by atoms with Gasteiger partial charge in [-0.25, -0.2) is 0 Å². The fourth-order valence-electron chi connectivity index (χ4n) is 2.76. The van der Waals surface area contributed by atoms with E-state index in [0.717, 1.165) is 24.6 Å². The van der Waals surface area contributed by atoms with Crippen LogP contribution in [0.1, 0.15) is 54.6 Å². The second-order valence-electron chi connectivity index (χ2n) is 5.46. The van der Waals surface area contributed by atoms with Crippen molar-refractivity contribution < 1.29 is 4.79 Å². The average molecular weight is 261 g/mol. The van der Waals surface area contributed by atoms with Crippen molar-refractivity contribution in [2.24, 2.45) is 5.92 Å². The molecule has 3 N–H and O–H groups in total. The predicted octanol–water partition coefficient (Wildman–Crippen LogP) is 2.67. The van der Waals surface area contributed by atoms with Gasteiger partial charge in [-0.15, -0.1) is 0 Å². The number of hydrogen-bond donors (Lipinski definition) is 2. The molecular formula is C15H23N3O. The molecule has 104 valence electrons. The third-order valence-corrected chi connectivity index (χ3v) is 3.87. The number of amides is 1. The molecule has 1 aliphatic carbocycles. The average Bonchev–Trinajstić information content (AvgIpc) is 2.87. The van der Waals surface area contributed by atoms with E-state index in [1.807, 2.05) is 6.92 Å². The van der Waals surface area contributed by atoms with Crippen LogP contribution < -0.4 is 11.1 Å². The molecule has 0 saturated heterocycles. The van der Waals surface area contributed by atoms with Crippen LogP contribution in [0.2, 0.25) is 0 Å². The third-order valence-electron chi connectivity index (χ3n) is 3.87. The van der Waals surface area contributed by atoms with Gasteiger partial charge in [-0.1, -0.05) is 25.7 Å². The van der Waals surface area contributed by atoms with E-state index in [2.05, 4.69) is 10.3 Å². The van der Waals surface area contributed by atoms with Gasteiger partial charge in [0, 0.05) is 24.1 Å². The van der Waals surface area contributed by atoms with E-state index in [9.17, 15) is 4.79 Å². The van der Waals surface area contributed by atoms with Crippen LogP contribution in [0.5, 0.6) is 0 Å². The maximum absolute atomic E-state index is 11.9. The molecule has 0 aliphatic heterocycles. The largest absolute Gasteiger partial charge is 0.398 e. The molecule has 4 heteroatoms. The van der Waals surface area contributed by atoms with Gasteiger partial charge in [-0.05, 0) is 31.7 Å². The second kappa shape index (κ2) is 6.55. The van der Waals surface area contributed by atoms with Crippen molar-refractivity contribution >= 4 is 11.6 Å². The quantitative estimate of drug-likeness (QED) is 0.801. The molecule has 0 bridgehead atoms. The number of hydrogen-bond acceptors (Lipinski definition) is 3. The number of aromatic nitrogens is 1. The molecule has 0 unspecified atom stereocenters. The highest BCUT2D eigenvalue weighted by molar-refractivity contribution is 5.98. The summed E-state index contributed by atoms with van der Waals surface area (Å²) in [6.07, 6.45) is 9.31. The highest BCUT2D eigenvalue weighted by Gasteiger charge is 2.14. The van der Waals surface area contributed by atoms with E-state index in [-0.39, 0.29) is 5.91 Å². The molecule has 1 saturated carbocycles. The van der Waals surface area contributed by atoms with Crippen LogP contribution in [0.25, 0.3) is 0 Å². The van der Waals surface area contributed by atoms with Crippen LogP contribution in [0.4, 0.5) is 5.69 Å². The van der Waals surface area contributed by atoms with Gasteiger partial charge in [0.15, 0.2) is 0 Å². The van der Waals surface area contributed by atoms with Crippen LogP contribution in [-0.4, -0.2) is 17.4 Å². The fraction of sp³-hybridized carbons (Fsp3) is 0.600. The number of carbonyl (C=O) groups excluding carboxylic acids is 1. The number of carbonyl (C=O) groups is 1. The number of rotatable bonds is 5. The van der Waals surface area contributed by atoms with Gasteiger partial charge in [-0.3, -0.25) is 9.78 Å². The topological polar surface area (TPSA) is 68.0 Å². The smallest absolute Gasteiger partial charge is 0.254 e. The summed E-state index contributed by atoms with van der Waals surface area (Å²) in [6.45, 7) is 2.59. The van der Waals surface area contributed by atoms with E-state index in [0.29, 0.717) is 11.3 Å². The minimum absolute atomic E-state index is 0.114. The lowest BCUT2D eigenvalue weighted by Gasteiger charge is -2.10. The molecule has 1 aliphatic rings. The Bertz CT molecular complexity index is 439. The number of nitrogen functional groups attached to an aromatic ring is 1. The first kappa shape index (κ1) is 13.8. The Morgan fingerprint density at radius 2 is 2.21 bits per heavy atom. The molecule has 0 radical (unpaired) electrons. The first-order valence-corrected chi connectivity index (χ1v) is 7.17. The van der Waals surface area contributed by atoms with Crippen molar-refractivity contribution in [3.05, 3.63) is 23.5 Å². The molecule has 0 aromatic carbocycles. The van der Waals surface area contributed by atoms with Gasteiger partial charge < -0.3 is 11.1 Å². The van der Waals surface area contributed by atoms with E-state index in [1.165, 1.54) is 32.1 Å². The molecule has 1 amide bonds. The van der Waals surface area contributed by atoms with Crippen LogP contribution in [0, 0.1) is 12.8 Å². The number of aryl methyl sites for hydroxylation is 1. The zero-order valence-corrected chi connectivity index (χ0v) is 11.6. The first-order valence-electron chi connectivity index (χ1n) is 7.17. The molecule has 2 rings (SSSR count). The molecule has 0 spiro atoms. The van der Waals surface area contributed by atoms with Crippen molar-refractivity contribution in [2.45, 2.75) is 45.4 Å². The number of nitrogens with two attached hydrogens (primary N) is 1. The predicted molar refractivity (Wildman–Crippen MR) is 76.9 cm³/mol. The summed E-state index contributed by atoms with van der Waals surface area (Å²) in [6, 6.07) is 1.73. The summed E-state index contributed by atoms with van der Waals surface area (Å²) >= 11 is 0. The molecule has 1 aromatic heterocycles. The molecule has 1 heterocycles. The third kappa shape index (κ3) is 3.94. The van der Waals surface area contributed by atoms with Crippen molar-refractivity contribution in [1.82, 2.24) is 10.3 Å². The summed E-state index contributed by atoms with van der Waals surface area (Å²) in [5, 5.41) is 2.92. The van der Waals surface area contributed by atoms with E-state index < -0.39 is 0 Å². The van der Waals surface area contributed by atoms with Gasteiger partial charge in [0.1, 0.15) is 0 Å². The number of nitrogens with one attached hydrogen (secondary N) is 1. The Kier molecular flexibility index (Phi) is 4.77. The van der Waals surface area contributed by atoms with E-state index >= 15 is 0 Å². The maximum atomic E-state index is 11.9. The molecular weight excluding hydrogens is 238 g/mol. The summed E-state index contributed by atoms with van der Waals surface area (Å²) in [5.74, 6) is 0.763. The minimum Gasteiger partial charge on any atom is -0.398 e. The Balaban J connectivity index is 1.74. The summed E-state index contributed by atoms with van der Waals surface area (Å²) in [7, 11) is 0. The summed E-state index contributed by atoms with van der Waals surface area (Å²) in [5.41, 5.74) is 7.63. The summed E-state index contributed by atoms with van der Waals surface area (Å²) < 4.78 is 0. The summed E-state index contributed by atoms with van der Waals surface area (Å²) in [4.78, 5) is 16.1. The van der Waals surface area contributed by atoms with E-state index in [1.54, 1.807) is 12.3 Å². The lowest BCUT2D eigenvalue weighted by molar-refractivity contribution is 0.0953. The van der Waals surface area contributed by atoms with Crippen LogP contribution in [-0.2, 0) is 0 Å². The van der Waals surface area contributed by atoms with Crippen molar-refractivity contribution in [2.75, 3.05) is 12.3 Å². The SMILES string of the molecule is Cc1cc(N)c(C(=O)NCCCC2CCCC2)cn1. The molecule has 19 heavy (non-hydrogen) atoms. The highest BCUT2D eigenvalue weighted by atomic mass is 16.1. The van der Waals surface area contributed by atoms with Gasteiger partial charge in [0.25, 0.3) is 5.91 Å². The van der Waals surface area contributed by atoms with Crippen LogP contribution >= 0.6 is 0 Å². The van der Waals surface area contributed by atoms with Crippen molar-refractivity contribution in [3.63, 3.8) is 0 Å². The lowest BCUT2D eigenvalue weighted by atomic mass is 10.0. The van der Waals surface area contributed by atoms with Crippen LogP contribution in [0.15, 0.2) is 12.3 Å². The van der Waals surface area contributed by atoms with Gasteiger partial charge in [-0.2, -0.15) is 0 Å². The number of nitrogens with zero attached hydrogens (tertiary/aromatic N) is 1. The zero-order valence-electron chi connectivity index (χ0n) is 11.6. The molecule has 4 nitrogen and oxygen atoms in total. The normalized spacial score (nSPS) is 15.6. The first-order chi connectivity index (χ1) is 9.16. The number of pyridine rings is 1.